The Kier molecular flexibility index (Phi) is 5.20. The van der Waals surface area contributed by atoms with Crippen molar-refractivity contribution in [3.8, 4) is 0 Å². The third kappa shape index (κ3) is 3.54. The lowest BCUT2D eigenvalue weighted by molar-refractivity contribution is 0.0921. The van der Waals surface area contributed by atoms with Crippen molar-refractivity contribution in [2.45, 2.75) is 58.9 Å². The maximum atomic E-state index is 12.5. The van der Waals surface area contributed by atoms with Crippen molar-refractivity contribution >= 4 is 17.5 Å². The van der Waals surface area contributed by atoms with Gasteiger partial charge in [0.25, 0.3) is 5.91 Å². The van der Waals surface area contributed by atoms with Crippen LogP contribution in [0.3, 0.4) is 0 Å². The van der Waals surface area contributed by atoms with Crippen LogP contribution < -0.4 is 5.32 Å². The standard InChI is InChI=1S/C16H24ClN3O/c1-5-11-6-7-13(10(11)4)19-16(21)14-12(17)8-18-15(20-14)9(2)3/h8-11,13H,5-7H2,1-4H3,(H,19,21). The number of carbonyl (C=O) groups excluding carboxylic acids is 1. The molecule has 0 bridgehead atoms. The summed E-state index contributed by atoms with van der Waals surface area (Å²) in [5.41, 5.74) is 0.294. The Hall–Kier alpha value is -1.16. The molecular formula is C16H24ClN3O. The van der Waals surface area contributed by atoms with Crippen LogP contribution in [0, 0.1) is 11.8 Å². The van der Waals surface area contributed by atoms with E-state index in [1.807, 2.05) is 13.8 Å². The highest BCUT2D eigenvalue weighted by atomic mass is 35.5. The molecule has 1 aromatic heterocycles. The van der Waals surface area contributed by atoms with Crippen molar-refractivity contribution in [3.05, 3.63) is 22.7 Å². The van der Waals surface area contributed by atoms with Gasteiger partial charge in [0.2, 0.25) is 0 Å². The normalized spacial score (nSPS) is 25.3. The molecule has 0 spiro atoms. The van der Waals surface area contributed by atoms with Crippen molar-refractivity contribution in [3.63, 3.8) is 0 Å². The molecule has 3 atom stereocenters. The fourth-order valence-electron chi connectivity index (χ4n) is 3.08. The van der Waals surface area contributed by atoms with Crippen LogP contribution in [0.2, 0.25) is 5.02 Å². The molecule has 1 aromatic rings. The first-order chi connectivity index (χ1) is 9.93. The number of hydrogen-bond donors (Lipinski definition) is 1. The van der Waals surface area contributed by atoms with Gasteiger partial charge in [-0.05, 0) is 24.7 Å². The van der Waals surface area contributed by atoms with Gasteiger partial charge in [-0.3, -0.25) is 4.79 Å². The zero-order chi connectivity index (χ0) is 15.6. The van der Waals surface area contributed by atoms with Gasteiger partial charge in [-0.2, -0.15) is 0 Å². The smallest absolute Gasteiger partial charge is 0.271 e. The molecule has 4 nitrogen and oxygen atoms in total. The van der Waals surface area contributed by atoms with Gasteiger partial charge in [-0.25, -0.2) is 9.97 Å². The zero-order valence-corrected chi connectivity index (χ0v) is 13.9. The average molecular weight is 310 g/mol. The van der Waals surface area contributed by atoms with Gasteiger partial charge >= 0.3 is 0 Å². The molecule has 2 rings (SSSR count). The molecule has 1 fully saturated rings. The molecule has 5 heteroatoms. The van der Waals surface area contributed by atoms with Crippen LogP contribution >= 0.6 is 11.6 Å². The topological polar surface area (TPSA) is 54.9 Å². The van der Waals surface area contributed by atoms with E-state index in [0.717, 1.165) is 6.42 Å². The van der Waals surface area contributed by atoms with E-state index in [2.05, 4.69) is 29.1 Å². The molecule has 0 aromatic carbocycles. The molecule has 0 saturated heterocycles. The van der Waals surface area contributed by atoms with E-state index < -0.39 is 0 Å². The third-order valence-electron chi connectivity index (χ3n) is 4.56. The van der Waals surface area contributed by atoms with Gasteiger partial charge in [0, 0.05) is 12.0 Å². The molecule has 116 valence electrons. The van der Waals surface area contributed by atoms with E-state index in [0.29, 0.717) is 28.4 Å². The highest BCUT2D eigenvalue weighted by Gasteiger charge is 2.33. The number of hydrogen-bond acceptors (Lipinski definition) is 3. The third-order valence-corrected chi connectivity index (χ3v) is 4.84. The summed E-state index contributed by atoms with van der Waals surface area (Å²) >= 11 is 6.09. The fraction of sp³-hybridized carbons (Fsp3) is 0.688. The number of aromatic nitrogens is 2. The molecule has 1 heterocycles. The van der Waals surface area contributed by atoms with Crippen molar-refractivity contribution in [1.82, 2.24) is 15.3 Å². The van der Waals surface area contributed by atoms with Crippen LogP contribution in [0.1, 0.15) is 69.2 Å². The minimum absolute atomic E-state index is 0.170. The van der Waals surface area contributed by atoms with Crippen LogP contribution in [0.25, 0.3) is 0 Å². The van der Waals surface area contributed by atoms with Gasteiger partial charge in [0.1, 0.15) is 11.5 Å². The zero-order valence-electron chi connectivity index (χ0n) is 13.2. The monoisotopic (exact) mass is 309 g/mol. The largest absolute Gasteiger partial charge is 0.348 e. The van der Waals surface area contributed by atoms with E-state index in [1.54, 1.807) is 0 Å². The Morgan fingerprint density at radius 2 is 2.19 bits per heavy atom. The summed E-state index contributed by atoms with van der Waals surface area (Å²) in [5, 5.41) is 3.42. The number of carbonyl (C=O) groups is 1. The molecule has 3 unspecified atom stereocenters. The van der Waals surface area contributed by atoms with E-state index in [1.165, 1.54) is 19.0 Å². The van der Waals surface area contributed by atoms with Crippen LogP contribution in [-0.2, 0) is 0 Å². The predicted molar refractivity (Wildman–Crippen MR) is 84.6 cm³/mol. The maximum Gasteiger partial charge on any atom is 0.271 e. The highest BCUT2D eigenvalue weighted by Crippen LogP contribution is 2.34. The average Bonchev–Trinajstić information content (AvgIpc) is 2.79. The fourth-order valence-corrected chi connectivity index (χ4v) is 3.26. The number of halogens is 1. The van der Waals surface area contributed by atoms with Gasteiger partial charge < -0.3 is 5.32 Å². The minimum atomic E-state index is -0.182. The van der Waals surface area contributed by atoms with Crippen LogP contribution in [-0.4, -0.2) is 21.9 Å². The second-order valence-electron chi connectivity index (χ2n) is 6.26. The molecule has 1 N–H and O–H groups in total. The summed E-state index contributed by atoms with van der Waals surface area (Å²) in [4.78, 5) is 20.9. The summed E-state index contributed by atoms with van der Waals surface area (Å²) in [6.07, 6.45) is 4.90. The molecule has 1 amide bonds. The molecule has 0 aliphatic heterocycles. The SMILES string of the molecule is CCC1CCC(NC(=O)c2nc(C(C)C)ncc2Cl)C1C. The van der Waals surface area contributed by atoms with Gasteiger partial charge in [0.05, 0.1) is 11.2 Å². The van der Waals surface area contributed by atoms with Gasteiger partial charge in [-0.15, -0.1) is 0 Å². The lowest BCUT2D eigenvalue weighted by Crippen LogP contribution is -2.38. The Morgan fingerprint density at radius 1 is 1.48 bits per heavy atom. The Labute approximate surface area is 131 Å². The maximum absolute atomic E-state index is 12.5. The Bertz CT molecular complexity index is 518. The van der Waals surface area contributed by atoms with Crippen molar-refractivity contribution in [2.24, 2.45) is 11.8 Å². The van der Waals surface area contributed by atoms with Crippen LogP contribution in [0.5, 0.6) is 0 Å². The molecule has 1 aliphatic rings. The molecule has 0 radical (unpaired) electrons. The summed E-state index contributed by atoms with van der Waals surface area (Å²) < 4.78 is 0. The van der Waals surface area contributed by atoms with Crippen LogP contribution in [0.15, 0.2) is 6.20 Å². The summed E-state index contributed by atoms with van der Waals surface area (Å²) in [6.45, 7) is 8.42. The second kappa shape index (κ2) is 6.73. The second-order valence-corrected chi connectivity index (χ2v) is 6.67. The molecule has 21 heavy (non-hydrogen) atoms. The minimum Gasteiger partial charge on any atom is -0.348 e. The summed E-state index contributed by atoms with van der Waals surface area (Å²) in [5.74, 6) is 1.84. The first-order valence-corrected chi connectivity index (χ1v) is 8.15. The highest BCUT2D eigenvalue weighted by molar-refractivity contribution is 6.33. The number of amides is 1. The van der Waals surface area contributed by atoms with Gasteiger partial charge in [0.15, 0.2) is 0 Å². The number of nitrogens with one attached hydrogen (secondary N) is 1. The first kappa shape index (κ1) is 16.2. The predicted octanol–water partition coefficient (Wildman–Crippen LogP) is 3.81. The number of rotatable bonds is 4. The summed E-state index contributed by atoms with van der Waals surface area (Å²) in [7, 11) is 0. The Morgan fingerprint density at radius 3 is 2.76 bits per heavy atom. The summed E-state index contributed by atoms with van der Waals surface area (Å²) in [6, 6.07) is 0.219. The molecular weight excluding hydrogens is 286 g/mol. The van der Waals surface area contributed by atoms with E-state index in [4.69, 9.17) is 11.6 Å². The Balaban J connectivity index is 2.12. The lowest BCUT2D eigenvalue weighted by atomic mass is 9.93. The quantitative estimate of drug-likeness (QED) is 0.920. The van der Waals surface area contributed by atoms with Crippen molar-refractivity contribution in [1.29, 1.82) is 0 Å². The number of nitrogens with zero attached hydrogens (tertiary/aromatic N) is 2. The van der Waals surface area contributed by atoms with E-state index in [-0.39, 0.29) is 17.9 Å². The van der Waals surface area contributed by atoms with E-state index in [9.17, 15) is 4.79 Å². The van der Waals surface area contributed by atoms with E-state index >= 15 is 0 Å². The van der Waals surface area contributed by atoms with Crippen molar-refractivity contribution < 1.29 is 4.79 Å². The molecule has 1 saturated carbocycles. The first-order valence-electron chi connectivity index (χ1n) is 7.77. The lowest BCUT2D eigenvalue weighted by Gasteiger charge is -2.21. The van der Waals surface area contributed by atoms with Crippen molar-refractivity contribution in [2.75, 3.05) is 0 Å². The van der Waals surface area contributed by atoms with Crippen LogP contribution in [0.4, 0.5) is 0 Å². The molecule has 1 aliphatic carbocycles. The van der Waals surface area contributed by atoms with Gasteiger partial charge in [-0.1, -0.05) is 45.7 Å².